The molecule has 4 atom stereocenters. The molecule has 90 valence electrons. The predicted octanol–water partition coefficient (Wildman–Crippen LogP) is 1.02. The largest absolute Gasteiger partial charge is 0.467 e. The predicted molar refractivity (Wildman–Crippen MR) is 55.7 cm³/mol. The zero-order chi connectivity index (χ0) is 11.9. The average Bonchev–Trinajstić information content (AvgIpc) is 2.61. The number of rotatable bonds is 1. The molecular formula is C11H17NO4. The number of carbonyl (C=O) groups excluding carboxylic acids is 2. The van der Waals surface area contributed by atoms with Gasteiger partial charge in [0.2, 0.25) is 0 Å². The number of carbonyl (C=O) groups is 2. The van der Waals surface area contributed by atoms with E-state index >= 15 is 0 Å². The van der Waals surface area contributed by atoms with Gasteiger partial charge >= 0.3 is 12.1 Å². The van der Waals surface area contributed by atoms with Crippen LogP contribution in [0.25, 0.3) is 0 Å². The molecule has 0 aromatic heterocycles. The second-order valence-electron chi connectivity index (χ2n) is 4.71. The molecule has 2 aliphatic rings. The van der Waals surface area contributed by atoms with Gasteiger partial charge in [0.15, 0.2) is 0 Å². The summed E-state index contributed by atoms with van der Waals surface area (Å²) >= 11 is 0. The maximum absolute atomic E-state index is 11.7. The Kier molecular flexibility index (Phi) is 2.78. The van der Waals surface area contributed by atoms with Crippen molar-refractivity contribution in [3.8, 4) is 0 Å². The highest BCUT2D eigenvalue weighted by Gasteiger charge is 2.50. The molecule has 0 radical (unpaired) electrons. The fraction of sp³-hybridized carbons (Fsp3) is 0.818. The highest BCUT2D eigenvalue weighted by molar-refractivity contribution is 5.83. The zero-order valence-corrected chi connectivity index (χ0v) is 9.80. The summed E-state index contributed by atoms with van der Waals surface area (Å²) in [6, 6.07) is -0.464. The van der Waals surface area contributed by atoms with E-state index in [0.717, 1.165) is 6.42 Å². The molecule has 0 unspecified atom stereocenters. The highest BCUT2D eigenvalue weighted by Crippen LogP contribution is 2.36. The van der Waals surface area contributed by atoms with Gasteiger partial charge in [-0.25, -0.2) is 9.59 Å². The molecule has 2 saturated heterocycles. The summed E-state index contributed by atoms with van der Waals surface area (Å²) in [5, 5.41) is 0. The van der Waals surface area contributed by atoms with E-state index in [1.807, 2.05) is 6.92 Å². The Hall–Kier alpha value is -1.26. The Morgan fingerprint density at radius 1 is 1.44 bits per heavy atom. The molecule has 0 aromatic rings. The quantitative estimate of drug-likeness (QED) is 0.628. The fourth-order valence-electron chi connectivity index (χ4n) is 2.82. The van der Waals surface area contributed by atoms with Crippen LogP contribution in [-0.2, 0) is 14.3 Å². The lowest BCUT2D eigenvalue weighted by atomic mass is 9.81. The van der Waals surface area contributed by atoms with E-state index in [2.05, 4.69) is 6.92 Å². The Bertz CT molecular complexity index is 317. The molecule has 5 heteroatoms. The number of esters is 1. The van der Waals surface area contributed by atoms with Gasteiger partial charge < -0.3 is 9.47 Å². The Morgan fingerprint density at radius 2 is 2.12 bits per heavy atom. The van der Waals surface area contributed by atoms with Crippen LogP contribution >= 0.6 is 0 Å². The van der Waals surface area contributed by atoms with E-state index in [9.17, 15) is 9.59 Å². The maximum Gasteiger partial charge on any atom is 0.410 e. The van der Waals surface area contributed by atoms with Crippen molar-refractivity contribution >= 4 is 12.1 Å². The first-order valence-corrected chi connectivity index (χ1v) is 5.59. The van der Waals surface area contributed by atoms with Crippen LogP contribution in [0, 0.1) is 11.8 Å². The molecule has 2 aliphatic heterocycles. The minimum Gasteiger partial charge on any atom is -0.467 e. The van der Waals surface area contributed by atoms with E-state index in [-0.39, 0.29) is 24.0 Å². The molecule has 2 rings (SSSR count). The molecular weight excluding hydrogens is 210 g/mol. The van der Waals surface area contributed by atoms with Gasteiger partial charge in [0.25, 0.3) is 0 Å². The summed E-state index contributed by atoms with van der Waals surface area (Å²) in [5.41, 5.74) is 0. The minimum absolute atomic E-state index is 0.0211. The Balaban J connectivity index is 2.28. The third-order valence-electron chi connectivity index (χ3n) is 3.63. The number of methoxy groups -OCH3 is 1. The van der Waals surface area contributed by atoms with Gasteiger partial charge in [-0.15, -0.1) is 0 Å². The fourth-order valence-corrected chi connectivity index (χ4v) is 2.82. The van der Waals surface area contributed by atoms with Crippen LogP contribution in [0.3, 0.4) is 0 Å². The van der Waals surface area contributed by atoms with Gasteiger partial charge in [-0.05, 0) is 18.3 Å². The van der Waals surface area contributed by atoms with Crippen molar-refractivity contribution in [2.45, 2.75) is 32.4 Å². The zero-order valence-electron chi connectivity index (χ0n) is 9.80. The maximum atomic E-state index is 11.7. The first-order chi connectivity index (χ1) is 7.56. The molecule has 0 N–H and O–H groups in total. The summed E-state index contributed by atoms with van der Waals surface area (Å²) in [7, 11) is 1.35. The van der Waals surface area contributed by atoms with Crippen molar-refractivity contribution in [3.05, 3.63) is 0 Å². The normalized spacial score (nSPS) is 37.9. The van der Waals surface area contributed by atoms with Gasteiger partial charge in [0.05, 0.1) is 13.2 Å². The van der Waals surface area contributed by atoms with Gasteiger partial charge in [-0.1, -0.05) is 13.8 Å². The van der Waals surface area contributed by atoms with Crippen LogP contribution < -0.4 is 0 Å². The number of nitrogens with zero attached hydrogens (tertiary/aromatic N) is 1. The van der Waals surface area contributed by atoms with E-state index in [0.29, 0.717) is 12.5 Å². The van der Waals surface area contributed by atoms with Crippen LogP contribution in [0.4, 0.5) is 4.79 Å². The first kappa shape index (κ1) is 11.2. The van der Waals surface area contributed by atoms with E-state index in [1.54, 1.807) is 4.90 Å². The van der Waals surface area contributed by atoms with Gasteiger partial charge in [0.1, 0.15) is 12.6 Å². The van der Waals surface area contributed by atoms with Crippen LogP contribution in [-0.4, -0.2) is 42.8 Å². The highest BCUT2D eigenvalue weighted by atomic mass is 16.6. The number of amides is 1. The summed E-state index contributed by atoms with van der Waals surface area (Å²) < 4.78 is 9.79. The van der Waals surface area contributed by atoms with Crippen molar-refractivity contribution in [2.24, 2.45) is 11.8 Å². The van der Waals surface area contributed by atoms with Crippen LogP contribution in [0.15, 0.2) is 0 Å². The summed E-state index contributed by atoms with van der Waals surface area (Å²) in [4.78, 5) is 24.9. The third kappa shape index (κ3) is 1.54. The van der Waals surface area contributed by atoms with Crippen molar-refractivity contribution < 1.29 is 19.1 Å². The SMILES string of the molecule is COC(=O)[C@H]1[C@H](C)C[C@@H](C)[C@@H]2COC(=O)N21. The van der Waals surface area contributed by atoms with E-state index in [1.165, 1.54) is 7.11 Å². The Morgan fingerprint density at radius 3 is 2.75 bits per heavy atom. The summed E-state index contributed by atoms with van der Waals surface area (Å²) in [6.45, 7) is 4.45. The van der Waals surface area contributed by atoms with Gasteiger partial charge in [0, 0.05) is 0 Å². The molecule has 0 spiro atoms. The topological polar surface area (TPSA) is 55.8 Å². The van der Waals surface area contributed by atoms with Crippen LogP contribution in [0.5, 0.6) is 0 Å². The van der Waals surface area contributed by atoms with Crippen molar-refractivity contribution in [1.82, 2.24) is 4.90 Å². The lowest BCUT2D eigenvalue weighted by Crippen LogP contribution is -2.56. The molecule has 0 saturated carbocycles. The van der Waals surface area contributed by atoms with E-state index < -0.39 is 6.04 Å². The minimum atomic E-state index is -0.485. The average molecular weight is 227 g/mol. The third-order valence-corrected chi connectivity index (χ3v) is 3.63. The lowest BCUT2D eigenvalue weighted by Gasteiger charge is -2.41. The first-order valence-electron chi connectivity index (χ1n) is 5.59. The van der Waals surface area contributed by atoms with Crippen molar-refractivity contribution in [2.75, 3.05) is 13.7 Å². The molecule has 2 heterocycles. The molecule has 2 fully saturated rings. The standard InChI is InChI=1S/C11H17NO4/c1-6-4-7(2)9(10(13)15-3)12-8(6)5-16-11(12)14/h6-9H,4-5H2,1-3H3/t6-,7-,8+,9-/m1/s1. The second-order valence-corrected chi connectivity index (χ2v) is 4.71. The van der Waals surface area contributed by atoms with E-state index in [4.69, 9.17) is 9.47 Å². The second kappa shape index (κ2) is 3.96. The van der Waals surface area contributed by atoms with Gasteiger partial charge in [-0.3, -0.25) is 4.90 Å². The lowest BCUT2D eigenvalue weighted by molar-refractivity contribution is -0.150. The number of piperidine rings is 1. The van der Waals surface area contributed by atoms with Gasteiger partial charge in [-0.2, -0.15) is 0 Å². The molecule has 16 heavy (non-hydrogen) atoms. The molecule has 0 aromatic carbocycles. The van der Waals surface area contributed by atoms with Crippen molar-refractivity contribution in [3.63, 3.8) is 0 Å². The molecule has 0 aliphatic carbocycles. The number of ether oxygens (including phenoxy) is 2. The van der Waals surface area contributed by atoms with Crippen molar-refractivity contribution in [1.29, 1.82) is 0 Å². The smallest absolute Gasteiger partial charge is 0.410 e. The molecule has 0 bridgehead atoms. The molecule has 5 nitrogen and oxygen atoms in total. The number of hydrogen-bond acceptors (Lipinski definition) is 4. The number of cyclic esters (lactones) is 1. The van der Waals surface area contributed by atoms with Crippen LogP contribution in [0.2, 0.25) is 0 Å². The number of fused-ring (bicyclic) bond motifs is 1. The number of hydrogen-bond donors (Lipinski definition) is 0. The summed E-state index contributed by atoms with van der Waals surface area (Å²) in [6.07, 6.45) is 0.524. The molecule has 1 amide bonds. The Labute approximate surface area is 94.7 Å². The van der Waals surface area contributed by atoms with Crippen LogP contribution in [0.1, 0.15) is 20.3 Å². The monoisotopic (exact) mass is 227 g/mol. The summed E-state index contributed by atoms with van der Waals surface area (Å²) in [5.74, 6) is 0.134.